The summed E-state index contributed by atoms with van der Waals surface area (Å²) in [5, 5.41) is 8.96. The fraction of sp³-hybridized carbons (Fsp3) is 0.455. The van der Waals surface area contributed by atoms with Gasteiger partial charge in [-0.3, -0.25) is 0 Å². The van der Waals surface area contributed by atoms with Gasteiger partial charge in [-0.15, -0.1) is 0 Å². The highest BCUT2D eigenvalue weighted by Gasteiger charge is 1.96. The van der Waals surface area contributed by atoms with E-state index in [0.29, 0.717) is 6.42 Å². The van der Waals surface area contributed by atoms with E-state index >= 15 is 0 Å². The van der Waals surface area contributed by atoms with E-state index in [-0.39, 0.29) is 6.10 Å². The van der Waals surface area contributed by atoms with E-state index in [2.05, 4.69) is 13.2 Å². The van der Waals surface area contributed by atoms with Crippen LogP contribution in [0.2, 0.25) is 0 Å². The van der Waals surface area contributed by atoms with Crippen molar-refractivity contribution in [2.75, 3.05) is 0 Å². The molecule has 0 aromatic rings. The van der Waals surface area contributed by atoms with Gasteiger partial charge in [0, 0.05) is 0 Å². The van der Waals surface area contributed by atoms with E-state index in [1.54, 1.807) is 19.1 Å². The van der Waals surface area contributed by atoms with Crippen molar-refractivity contribution in [1.29, 1.82) is 0 Å². The Kier molecular flexibility index (Phi) is 11.7. The van der Waals surface area contributed by atoms with Crippen LogP contribution in [0.5, 0.6) is 0 Å². The Morgan fingerprint density at radius 2 is 1.92 bits per heavy atom. The molecule has 0 aliphatic rings. The lowest BCUT2D eigenvalue weighted by atomic mass is 10.1. The molecule has 1 atom stereocenters. The Labute approximate surface area is 76.1 Å². The summed E-state index contributed by atoms with van der Waals surface area (Å²) in [5.41, 5.74) is 1.02. The maximum atomic E-state index is 8.96. The lowest BCUT2D eigenvalue weighted by Crippen LogP contribution is -1.99. The maximum absolute atomic E-state index is 8.96. The molecule has 1 nitrogen and oxygen atoms in total. The van der Waals surface area contributed by atoms with Gasteiger partial charge in [0.1, 0.15) is 0 Å². The predicted octanol–water partition coefficient (Wildman–Crippen LogP) is 3.08. The van der Waals surface area contributed by atoms with E-state index in [1.165, 1.54) is 0 Å². The third kappa shape index (κ3) is 9.18. The zero-order chi connectivity index (χ0) is 9.98. The highest BCUT2D eigenvalue weighted by molar-refractivity contribution is 5.21. The largest absolute Gasteiger partial charge is 0.393 e. The molecule has 0 amide bonds. The molecule has 0 saturated heterocycles. The van der Waals surface area contributed by atoms with Crippen LogP contribution in [0.15, 0.2) is 37.0 Å². The van der Waals surface area contributed by atoms with Crippen LogP contribution in [-0.2, 0) is 0 Å². The zero-order valence-electron chi connectivity index (χ0n) is 8.38. The first-order chi connectivity index (χ1) is 5.70. The summed E-state index contributed by atoms with van der Waals surface area (Å²) in [4.78, 5) is 0. The van der Waals surface area contributed by atoms with Crippen LogP contribution in [0.25, 0.3) is 0 Å². The molecular formula is C11H20O. The van der Waals surface area contributed by atoms with Gasteiger partial charge in [-0.1, -0.05) is 45.2 Å². The Balaban J connectivity index is 0. The van der Waals surface area contributed by atoms with Gasteiger partial charge in [-0.2, -0.15) is 0 Å². The molecule has 1 N–H and O–H groups in total. The second-order valence-electron chi connectivity index (χ2n) is 2.23. The topological polar surface area (TPSA) is 20.2 Å². The molecule has 0 fully saturated rings. The van der Waals surface area contributed by atoms with Gasteiger partial charge < -0.3 is 5.11 Å². The summed E-state index contributed by atoms with van der Waals surface area (Å²) in [7, 11) is 0. The lowest BCUT2D eigenvalue weighted by molar-refractivity contribution is 0.196. The normalized spacial score (nSPS) is 12.5. The quantitative estimate of drug-likeness (QED) is 0.639. The van der Waals surface area contributed by atoms with Crippen LogP contribution in [-0.4, -0.2) is 11.2 Å². The highest BCUT2D eigenvalue weighted by atomic mass is 16.3. The molecule has 12 heavy (non-hydrogen) atoms. The zero-order valence-corrected chi connectivity index (χ0v) is 8.38. The fourth-order valence-electron chi connectivity index (χ4n) is 0.712. The van der Waals surface area contributed by atoms with Gasteiger partial charge in [0.05, 0.1) is 6.10 Å². The van der Waals surface area contributed by atoms with Crippen LogP contribution in [0.1, 0.15) is 27.2 Å². The van der Waals surface area contributed by atoms with Gasteiger partial charge in [0.25, 0.3) is 0 Å². The SMILES string of the molecule is C=C/C=C(\C=C)CC(C)O.CC. The van der Waals surface area contributed by atoms with Gasteiger partial charge in [0.15, 0.2) is 0 Å². The minimum absolute atomic E-state index is 0.302. The summed E-state index contributed by atoms with van der Waals surface area (Å²) in [6.45, 7) is 12.9. The number of hydrogen-bond donors (Lipinski definition) is 1. The minimum Gasteiger partial charge on any atom is -0.393 e. The Hall–Kier alpha value is -0.820. The Morgan fingerprint density at radius 1 is 1.42 bits per heavy atom. The molecular weight excluding hydrogens is 148 g/mol. The fourth-order valence-corrected chi connectivity index (χ4v) is 0.712. The molecule has 0 saturated carbocycles. The first-order valence-electron chi connectivity index (χ1n) is 4.32. The van der Waals surface area contributed by atoms with E-state index in [1.807, 2.05) is 19.9 Å². The smallest absolute Gasteiger partial charge is 0.0552 e. The van der Waals surface area contributed by atoms with Gasteiger partial charge in [-0.05, 0) is 18.9 Å². The number of aliphatic hydroxyl groups is 1. The van der Waals surface area contributed by atoms with E-state index < -0.39 is 0 Å². The van der Waals surface area contributed by atoms with E-state index in [9.17, 15) is 0 Å². The molecule has 0 heterocycles. The van der Waals surface area contributed by atoms with Crippen molar-refractivity contribution in [3.63, 3.8) is 0 Å². The van der Waals surface area contributed by atoms with Gasteiger partial charge in [-0.25, -0.2) is 0 Å². The first kappa shape index (κ1) is 13.7. The summed E-state index contributed by atoms with van der Waals surface area (Å²) < 4.78 is 0. The summed E-state index contributed by atoms with van der Waals surface area (Å²) in [5.74, 6) is 0. The van der Waals surface area contributed by atoms with Gasteiger partial charge in [0.2, 0.25) is 0 Å². The monoisotopic (exact) mass is 168 g/mol. The van der Waals surface area contributed by atoms with E-state index in [0.717, 1.165) is 5.57 Å². The summed E-state index contributed by atoms with van der Waals surface area (Å²) in [6.07, 6.45) is 5.62. The van der Waals surface area contributed by atoms with Crippen molar-refractivity contribution >= 4 is 0 Å². The van der Waals surface area contributed by atoms with Crippen molar-refractivity contribution < 1.29 is 5.11 Å². The molecule has 0 bridgehead atoms. The molecule has 0 aromatic heterocycles. The predicted molar refractivity (Wildman–Crippen MR) is 56.1 cm³/mol. The third-order valence-electron chi connectivity index (χ3n) is 1.13. The number of allylic oxidation sites excluding steroid dienone is 3. The summed E-state index contributed by atoms with van der Waals surface area (Å²) >= 11 is 0. The minimum atomic E-state index is -0.302. The van der Waals surface area contributed by atoms with Crippen molar-refractivity contribution in [3.05, 3.63) is 37.0 Å². The maximum Gasteiger partial charge on any atom is 0.0552 e. The molecule has 0 spiro atoms. The standard InChI is InChI=1S/C9H14O.C2H6/c1-4-6-9(5-2)7-8(3)10;1-2/h4-6,8,10H,1-2,7H2,3H3;1-2H3/b9-6+;. The van der Waals surface area contributed by atoms with Crippen molar-refractivity contribution in [2.24, 2.45) is 0 Å². The third-order valence-corrected chi connectivity index (χ3v) is 1.13. The Bertz CT molecular complexity index is 143. The molecule has 0 aliphatic carbocycles. The molecule has 0 aromatic carbocycles. The van der Waals surface area contributed by atoms with Gasteiger partial charge >= 0.3 is 0 Å². The average molecular weight is 168 g/mol. The van der Waals surface area contributed by atoms with Crippen molar-refractivity contribution in [1.82, 2.24) is 0 Å². The highest BCUT2D eigenvalue weighted by Crippen LogP contribution is 2.05. The molecule has 0 aliphatic heterocycles. The Morgan fingerprint density at radius 3 is 2.17 bits per heavy atom. The second kappa shape index (κ2) is 10.2. The first-order valence-corrected chi connectivity index (χ1v) is 4.32. The number of aliphatic hydroxyl groups excluding tert-OH is 1. The van der Waals surface area contributed by atoms with E-state index in [4.69, 9.17) is 5.11 Å². The summed E-state index contributed by atoms with van der Waals surface area (Å²) in [6, 6.07) is 0. The van der Waals surface area contributed by atoms with Crippen LogP contribution in [0, 0.1) is 0 Å². The lowest BCUT2D eigenvalue weighted by Gasteiger charge is -2.02. The van der Waals surface area contributed by atoms with Crippen molar-refractivity contribution in [2.45, 2.75) is 33.3 Å². The molecule has 1 heteroatoms. The molecule has 1 unspecified atom stereocenters. The molecule has 70 valence electrons. The molecule has 0 rings (SSSR count). The number of hydrogen-bond acceptors (Lipinski definition) is 1. The molecule has 0 radical (unpaired) electrons. The van der Waals surface area contributed by atoms with Crippen molar-refractivity contribution in [3.8, 4) is 0 Å². The number of rotatable bonds is 4. The van der Waals surface area contributed by atoms with Crippen LogP contribution in [0.3, 0.4) is 0 Å². The van der Waals surface area contributed by atoms with Crippen LogP contribution in [0.4, 0.5) is 0 Å². The average Bonchev–Trinajstić information content (AvgIpc) is 2.07. The second-order valence-corrected chi connectivity index (χ2v) is 2.23. The van der Waals surface area contributed by atoms with Crippen LogP contribution < -0.4 is 0 Å². The van der Waals surface area contributed by atoms with Crippen LogP contribution >= 0.6 is 0 Å².